The number of carbonyl (C=O) groups excluding carboxylic acids is 2. The third kappa shape index (κ3) is 6.85. The van der Waals surface area contributed by atoms with Gasteiger partial charge in [0, 0.05) is 12.3 Å². The molecule has 11 heavy (non-hydrogen) atoms. The molecule has 5 nitrogen and oxygen atoms in total. The van der Waals surface area contributed by atoms with Gasteiger partial charge in [0.25, 0.3) is 5.91 Å². The maximum atomic E-state index is 10.3. The van der Waals surface area contributed by atoms with Crippen LogP contribution in [0.5, 0.6) is 0 Å². The third-order valence-corrected chi connectivity index (χ3v) is 1.49. The van der Waals surface area contributed by atoms with E-state index in [0.29, 0.717) is 12.3 Å². The highest BCUT2D eigenvalue weighted by atomic mass is 32.2. The summed E-state index contributed by atoms with van der Waals surface area (Å²) < 4.78 is 0. The van der Waals surface area contributed by atoms with Crippen LogP contribution in [0.3, 0.4) is 0 Å². The third-order valence-electron chi connectivity index (χ3n) is 0.766. The number of rotatable bonds is 4. The molecular weight excluding hydrogens is 166 g/mol. The number of hydrogen-bond donors (Lipinski definition) is 3. The van der Waals surface area contributed by atoms with E-state index in [0.717, 1.165) is 11.8 Å². The van der Waals surface area contributed by atoms with Crippen molar-refractivity contribution in [3.8, 4) is 0 Å². The van der Waals surface area contributed by atoms with Crippen molar-refractivity contribution in [1.29, 1.82) is 5.41 Å². The number of aldehydes is 1. The van der Waals surface area contributed by atoms with E-state index in [9.17, 15) is 9.59 Å². The Balaban J connectivity index is 3.21. The van der Waals surface area contributed by atoms with E-state index in [1.165, 1.54) is 0 Å². The minimum atomic E-state index is -0.644. The molecule has 0 unspecified atom stereocenters. The Morgan fingerprint density at radius 2 is 2.36 bits per heavy atom. The van der Waals surface area contributed by atoms with Crippen LogP contribution in [-0.4, -0.2) is 29.7 Å². The maximum absolute atomic E-state index is 10.3. The summed E-state index contributed by atoms with van der Waals surface area (Å²) in [7, 11) is 0. The molecule has 0 radical (unpaired) electrons. The predicted molar refractivity (Wildman–Crippen MR) is 43.4 cm³/mol. The van der Waals surface area contributed by atoms with E-state index in [1.807, 2.05) is 0 Å². The molecule has 0 aliphatic heterocycles. The van der Waals surface area contributed by atoms with Gasteiger partial charge >= 0.3 is 0 Å². The molecule has 0 spiro atoms. The number of nitrogens with two attached hydrogens (primary N) is 1. The second-order valence-corrected chi connectivity index (χ2v) is 2.76. The van der Waals surface area contributed by atoms with Crippen LogP contribution in [0.4, 0.5) is 0 Å². The lowest BCUT2D eigenvalue weighted by Crippen LogP contribution is -2.27. The summed E-state index contributed by atoms with van der Waals surface area (Å²) in [5.41, 5.74) is 5.01. The van der Waals surface area contributed by atoms with Crippen LogP contribution in [0.25, 0.3) is 0 Å². The molecule has 0 aromatic carbocycles. The molecule has 0 aliphatic carbocycles. The fourth-order valence-corrected chi connectivity index (χ4v) is 0.801. The topological polar surface area (TPSA) is 96.0 Å². The highest BCUT2D eigenvalue weighted by Gasteiger charge is 1.95. The first-order chi connectivity index (χ1) is 5.16. The number of amidine groups is 1. The lowest BCUT2D eigenvalue weighted by molar-refractivity contribution is -0.131. The standard InChI is InChI=1S/C5H9N3O2S/c6-5(7)11-2-1-8-4(10)3-9/h3H,1-2H2,(H3,6,7)(H,8,10). The smallest absolute Gasteiger partial charge is 0.284 e. The van der Waals surface area contributed by atoms with Crippen LogP contribution in [0.2, 0.25) is 0 Å². The summed E-state index contributed by atoms with van der Waals surface area (Å²) in [5, 5.41) is 9.10. The second kappa shape index (κ2) is 5.72. The average Bonchev–Trinajstić information content (AvgIpc) is 1.97. The van der Waals surface area contributed by atoms with Crippen molar-refractivity contribution in [2.45, 2.75) is 0 Å². The summed E-state index contributed by atoms with van der Waals surface area (Å²) in [4.78, 5) is 20.0. The summed E-state index contributed by atoms with van der Waals surface area (Å²) in [6, 6.07) is 0. The van der Waals surface area contributed by atoms with E-state index in [2.05, 4.69) is 5.32 Å². The SMILES string of the molecule is N=C(N)SCCNC(=O)C=O. The Hall–Kier alpha value is -1.04. The van der Waals surface area contributed by atoms with Crippen molar-refractivity contribution in [1.82, 2.24) is 5.32 Å². The lowest BCUT2D eigenvalue weighted by Gasteiger charge is -1.98. The predicted octanol–water partition coefficient (Wildman–Crippen LogP) is -1.07. The van der Waals surface area contributed by atoms with E-state index in [-0.39, 0.29) is 11.5 Å². The summed E-state index contributed by atoms with van der Waals surface area (Å²) in [6.45, 7) is 0.349. The minimum Gasteiger partial charge on any atom is -0.379 e. The normalized spacial score (nSPS) is 8.73. The van der Waals surface area contributed by atoms with E-state index in [4.69, 9.17) is 11.1 Å². The van der Waals surface area contributed by atoms with Crippen LogP contribution in [0, 0.1) is 5.41 Å². The number of carbonyl (C=O) groups is 2. The molecular formula is C5H9N3O2S. The molecule has 0 rings (SSSR count). The van der Waals surface area contributed by atoms with Gasteiger partial charge in [0.2, 0.25) is 6.29 Å². The van der Waals surface area contributed by atoms with Crippen LogP contribution in [-0.2, 0) is 9.59 Å². The zero-order valence-electron chi connectivity index (χ0n) is 5.79. The molecule has 0 atom stereocenters. The van der Waals surface area contributed by atoms with Gasteiger partial charge in [0.1, 0.15) is 0 Å². The van der Waals surface area contributed by atoms with Gasteiger partial charge in [-0.15, -0.1) is 0 Å². The van der Waals surface area contributed by atoms with Crippen molar-refractivity contribution in [3.63, 3.8) is 0 Å². The Kier molecular flexibility index (Phi) is 5.18. The first-order valence-electron chi connectivity index (χ1n) is 2.86. The number of nitrogens with one attached hydrogen (secondary N) is 2. The summed E-state index contributed by atoms with van der Waals surface area (Å²) >= 11 is 1.11. The van der Waals surface area contributed by atoms with Crippen molar-refractivity contribution in [2.75, 3.05) is 12.3 Å². The number of hydrogen-bond acceptors (Lipinski definition) is 4. The van der Waals surface area contributed by atoms with Crippen LogP contribution in [0.15, 0.2) is 0 Å². The van der Waals surface area contributed by atoms with Gasteiger partial charge in [-0.1, -0.05) is 11.8 Å². The fraction of sp³-hybridized carbons (Fsp3) is 0.400. The molecule has 0 bridgehead atoms. The van der Waals surface area contributed by atoms with Crippen molar-refractivity contribution in [2.24, 2.45) is 5.73 Å². The summed E-state index contributed by atoms with van der Waals surface area (Å²) in [5.74, 6) is -0.135. The Morgan fingerprint density at radius 3 is 2.82 bits per heavy atom. The fourth-order valence-electron chi connectivity index (χ4n) is 0.377. The Morgan fingerprint density at radius 1 is 1.73 bits per heavy atom. The van der Waals surface area contributed by atoms with Gasteiger partial charge in [-0.05, 0) is 0 Å². The van der Waals surface area contributed by atoms with E-state index in [1.54, 1.807) is 0 Å². The summed E-state index contributed by atoms with van der Waals surface area (Å²) in [6.07, 6.45) is 0.207. The van der Waals surface area contributed by atoms with Gasteiger partial charge in [-0.25, -0.2) is 0 Å². The van der Waals surface area contributed by atoms with Gasteiger partial charge in [0.05, 0.1) is 0 Å². The number of amides is 1. The highest BCUT2D eigenvalue weighted by molar-refractivity contribution is 8.13. The highest BCUT2D eigenvalue weighted by Crippen LogP contribution is 1.93. The first kappa shape index (κ1) is 9.96. The Bertz CT molecular complexity index is 171. The second-order valence-electron chi connectivity index (χ2n) is 1.62. The molecule has 0 aromatic heterocycles. The molecule has 0 heterocycles. The van der Waals surface area contributed by atoms with Crippen LogP contribution < -0.4 is 11.1 Å². The molecule has 62 valence electrons. The molecule has 0 fully saturated rings. The minimum absolute atomic E-state index is 0.00496. The molecule has 0 saturated heterocycles. The van der Waals surface area contributed by atoms with Gasteiger partial charge in [-0.3, -0.25) is 15.0 Å². The molecule has 1 amide bonds. The maximum Gasteiger partial charge on any atom is 0.284 e. The molecule has 0 saturated carbocycles. The average molecular weight is 175 g/mol. The van der Waals surface area contributed by atoms with Crippen LogP contribution >= 0.6 is 11.8 Å². The van der Waals surface area contributed by atoms with Crippen molar-refractivity contribution in [3.05, 3.63) is 0 Å². The van der Waals surface area contributed by atoms with Gasteiger partial charge < -0.3 is 11.1 Å². The quantitative estimate of drug-likeness (QED) is 0.167. The first-order valence-corrected chi connectivity index (χ1v) is 3.85. The largest absolute Gasteiger partial charge is 0.379 e. The molecule has 0 aliphatic rings. The van der Waals surface area contributed by atoms with Gasteiger partial charge in [0.15, 0.2) is 5.17 Å². The van der Waals surface area contributed by atoms with Crippen LogP contribution in [0.1, 0.15) is 0 Å². The lowest BCUT2D eigenvalue weighted by atomic mass is 10.6. The van der Waals surface area contributed by atoms with E-state index >= 15 is 0 Å². The zero-order valence-corrected chi connectivity index (χ0v) is 6.61. The molecule has 4 N–H and O–H groups in total. The zero-order chi connectivity index (χ0) is 8.69. The van der Waals surface area contributed by atoms with Gasteiger partial charge in [-0.2, -0.15) is 0 Å². The molecule has 6 heteroatoms. The number of thioether (sulfide) groups is 1. The van der Waals surface area contributed by atoms with Crippen molar-refractivity contribution >= 4 is 29.1 Å². The Labute approximate surface area is 68.2 Å². The van der Waals surface area contributed by atoms with Crippen molar-refractivity contribution < 1.29 is 9.59 Å². The molecule has 0 aromatic rings. The monoisotopic (exact) mass is 175 g/mol. The van der Waals surface area contributed by atoms with E-state index < -0.39 is 5.91 Å².